The van der Waals surface area contributed by atoms with Crippen molar-refractivity contribution in [1.82, 2.24) is 4.90 Å². The molecular weight excluding hydrogens is 302 g/mol. The third kappa shape index (κ3) is 5.15. The molecule has 0 unspecified atom stereocenters. The minimum absolute atomic E-state index is 0.244. The van der Waals surface area contributed by atoms with E-state index in [1.54, 1.807) is 0 Å². The number of rotatable bonds is 8. The van der Waals surface area contributed by atoms with Crippen molar-refractivity contribution >= 4 is 5.91 Å². The molecule has 1 saturated carbocycles. The largest absolute Gasteiger partial charge is 0.490 e. The molecule has 134 valence electrons. The van der Waals surface area contributed by atoms with Gasteiger partial charge in [-0.25, -0.2) is 0 Å². The summed E-state index contributed by atoms with van der Waals surface area (Å²) in [5.41, 5.74) is 1.12. The van der Waals surface area contributed by atoms with Crippen molar-refractivity contribution in [3.8, 4) is 11.5 Å². The molecule has 1 aliphatic carbocycles. The topological polar surface area (TPSA) is 38.8 Å². The number of carbonyl (C=O) groups excluding carboxylic acids is 1. The zero-order valence-electron chi connectivity index (χ0n) is 15.3. The number of amides is 1. The molecule has 0 radical (unpaired) electrons. The fraction of sp³-hybridized carbons (Fsp3) is 0.650. The van der Waals surface area contributed by atoms with Gasteiger partial charge in [0, 0.05) is 19.5 Å². The van der Waals surface area contributed by atoms with Crippen molar-refractivity contribution < 1.29 is 14.3 Å². The van der Waals surface area contributed by atoms with Crippen molar-refractivity contribution in [2.75, 3.05) is 20.3 Å². The van der Waals surface area contributed by atoms with E-state index in [2.05, 4.69) is 0 Å². The van der Waals surface area contributed by atoms with Gasteiger partial charge < -0.3 is 14.4 Å². The lowest BCUT2D eigenvalue weighted by Gasteiger charge is -2.31. The molecule has 24 heavy (non-hydrogen) atoms. The lowest BCUT2D eigenvalue weighted by Crippen LogP contribution is -2.38. The molecule has 0 bridgehead atoms. The van der Waals surface area contributed by atoms with Gasteiger partial charge in [-0.2, -0.15) is 0 Å². The molecule has 0 aliphatic heterocycles. The Labute approximate surface area is 146 Å². The molecule has 0 aromatic heterocycles. The molecule has 1 aliphatic rings. The van der Waals surface area contributed by atoms with Crippen LogP contribution in [0.4, 0.5) is 0 Å². The molecule has 0 heterocycles. The van der Waals surface area contributed by atoms with E-state index in [1.807, 2.05) is 44.0 Å². The van der Waals surface area contributed by atoms with Gasteiger partial charge in [0.2, 0.25) is 5.91 Å². The average Bonchev–Trinajstić information content (AvgIpc) is 2.62. The van der Waals surface area contributed by atoms with E-state index in [0.29, 0.717) is 25.7 Å². The first-order valence-corrected chi connectivity index (χ1v) is 9.29. The molecule has 1 amide bonds. The summed E-state index contributed by atoms with van der Waals surface area (Å²) in [7, 11) is 1.96. The number of aryl methyl sites for hydroxylation is 1. The van der Waals surface area contributed by atoms with E-state index in [0.717, 1.165) is 36.3 Å². The highest BCUT2D eigenvalue weighted by Crippen LogP contribution is 2.29. The SMILES string of the molecule is CCOc1ccc(CCC(=O)N(C)C2CCCCC2)cc1OCC. The quantitative estimate of drug-likeness (QED) is 0.715. The zero-order chi connectivity index (χ0) is 17.4. The highest BCUT2D eigenvalue weighted by atomic mass is 16.5. The number of nitrogens with zero attached hydrogens (tertiary/aromatic N) is 1. The summed E-state index contributed by atoms with van der Waals surface area (Å²) in [6.45, 7) is 5.14. The normalized spacial score (nSPS) is 15.1. The van der Waals surface area contributed by atoms with Gasteiger partial charge in [-0.05, 0) is 50.8 Å². The number of ether oxygens (including phenoxy) is 2. The summed E-state index contributed by atoms with van der Waals surface area (Å²) in [4.78, 5) is 14.4. The second-order valence-corrected chi connectivity index (χ2v) is 6.44. The predicted molar refractivity (Wildman–Crippen MR) is 96.7 cm³/mol. The van der Waals surface area contributed by atoms with Gasteiger partial charge in [0.05, 0.1) is 13.2 Å². The first-order chi connectivity index (χ1) is 11.7. The van der Waals surface area contributed by atoms with E-state index in [-0.39, 0.29) is 5.91 Å². The number of hydrogen-bond acceptors (Lipinski definition) is 3. The molecule has 1 aromatic rings. The summed E-state index contributed by atoms with van der Waals surface area (Å²) in [6.07, 6.45) is 7.40. The monoisotopic (exact) mass is 333 g/mol. The van der Waals surface area contributed by atoms with Gasteiger partial charge in [0.25, 0.3) is 0 Å². The molecule has 0 spiro atoms. The van der Waals surface area contributed by atoms with E-state index < -0.39 is 0 Å². The van der Waals surface area contributed by atoms with E-state index in [9.17, 15) is 4.79 Å². The Hall–Kier alpha value is -1.71. The minimum atomic E-state index is 0.244. The summed E-state index contributed by atoms with van der Waals surface area (Å²) >= 11 is 0. The Balaban J connectivity index is 1.92. The summed E-state index contributed by atoms with van der Waals surface area (Å²) in [5.74, 6) is 1.78. The average molecular weight is 333 g/mol. The van der Waals surface area contributed by atoms with Crippen LogP contribution in [0.15, 0.2) is 18.2 Å². The van der Waals surface area contributed by atoms with Crippen LogP contribution >= 0.6 is 0 Å². The highest BCUT2D eigenvalue weighted by molar-refractivity contribution is 5.76. The summed E-state index contributed by atoms with van der Waals surface area (Å²) in [6, 6.07) is 6.41. The van der Waals surface area contributed by atoms with Crippen LogP contribution < -0.4 is 9.47 Å². The van der Waals surface area contributed by atoms with Gasteiger partial charge in [0.15, 0.2) is 11.5 Å². The van der Waals surface area contributed by atoms with Crippen LogP contribution in [0.25, 0.3) is 0 Å². The van der Waals surface area contributed by atoms with Crippen molar-refractivity contribution in [3.63, 3.8) is 0 Å². The minimum Gasteiger partial charge on any atom is -0.490 e. The zero-order valence-corrected chi connectivity index (χ0v) is 15.3. The van der Waals surface area contributed by atoms with Crippen LogP contribution in [0.2, 0.25) is 0 Å². The Morgan fingerprint density at radius 3 is 2.42 bits per heavy atom. The molecular formula is C20H31NO3. The van der Waals surface area contributed by atoms with Gasteiger partial charge in [-0.15, -0.1) is 0 Å². The lowest BCUT2D eigenvalue weighted by molar-refractivity contribution is -0.132. The second-order valence-electron chi connectivity index (χ2n) is 6.44. The smallest absolute Gasteiger partial charge is 0.222 e. The van der Waals surface area contributed by atoms with E-state index in [4.69, 9.17) is 9.47 Å². The lowest BCUT2D eigenvalue weighted by atomic mass is 9.94. The standard InChI is InChI=1S/C20H31NO3/c1-4-23-18-13-11-16(15-19(18)24-5-2)12-14-20(22)21(3)17-9-7-6-8-10-17/h11,13,15,17H,4-10,12,14H2,1-3H3. The molecule has 4 nitrogen and oxygen atoms in total. The number of benzene rings is 1. The van der Waals surface area contributed by atoms with Crippen LogP contribution in [0.5, 0.6) is 11.5 Å². The Morgan fingerprint density at radius 1 is 1.08 bits per heavy atom. The summed E-state index contributed by atoms with van der Waals surface area (Å²) < 4.78 is 11.2. The molecule has 4 heteroatoms. The molecule has 0 saturated heterocycles. The third-order valence-electron chi connectivity index (χ3n) is 4.75. The van der Waals surface area contributed by atoms with Crippen LogP contribution in [-0.4, -0.2) is 37.1 Å². The van der Waals surface area contributed by atoms with Crippen molar-refractivity contribution in [2.24, 2.45) is 0 Å². The number of hydrogen-bond donors (Lipinski definition) is 0. The molecule has 0 N–H and O–H groups in total. The Kier molecular flexibility index (Phi) is 7.41. The second kappa shape index (κ2) is 9.55. The fourth-order valence-corrected chi connectivity index (χ4v) is 3.35. The molecule has 2 rings (SSSR count). The first kappa shape index (κ1) is 18.6. The van der Waals surface area contributed by atoms with Crippen LogP contribution in [0, 0.1) is 0 Å². The molecule has 0 atom stereocenters. The van der Waals surface area contributed by atoms with E-state index >= 15 is 0 Å². The first-order valence-electron chi connectivity index (χ1n) is 9.29. The van der Waals surface area contributed by atoms with Gasteiger partial charge in [-0.1, -0.05) is 25.3 Å². The third-order valence-corrected chi connectivity index (χ3v) is 4.75. The molecule has 1 fully saturated rings. The number of carbonyl (C=O) groups is 1. The van der Waals surface area contributed by atoms with Crippen molar-refractivity contribution in [3.05, 3.63) is 23.8 Å². The van der Waals surface area contributed by atoms with Crippen LogP contribution in [0.3, 0.4) is 0 Å². The Morgan fingerprint density at radius 2 is 1.75 bits per heavy atom. The van der Waals surface area contributed by atoms with Crippen LogP contribution in [-0.2, 0) is 11.2 Å². The van der Waals surface area contributed by atoms with Crippen LogP contribution in [0.1, 0.15) is 57.9 Å². The molecule has 1 aromatic carbocycles. The van der Waals surface area contributed by atoms with E-state index in [1.165, 1.54) is 19.3 Å². The fourth-order valence-electron chi connectivity index (χ4n) is 3.35. The van der Waals surface area contributed by atoms with Crippen molar-refractivity contribution in [2.45, 2.75) is 64.8 Å². The maximum atomic E-state index is 12.5. The van der Waals surface area contributed by atoms with Gasteiger partial charge in [-0.3, -0.25) is 4.79 Å². The van der Waals surface area contributed by atoms with Crippen molar-refractivity contribution in [1.29, 1.82) is 0 Å². The maximum absolute atomic E-state index is 12.5. The predicted octanol–water partition coefficient (Wildman–Crippen LogP) is 4.21. The van der Waals surface area contributed by atoms with Gasteiger partial charge >= 0.3 is 0 Å². The summed E-state index contributed by atoms with van der Waals surface area (Å²) in [5, 5.41) is 0. The Bertz CT molecular complexity index is 524. The highest BCUT2D eigenvalue weighted by Gasteiger charge is 2.21. The maximum Gasteiger partial charge on any atom is 0.222 e. The van der Waals surface area contributed by atoms with Gasteiger partial charge in [0.1, 0.15) is 0 Å².